The van der Waals surface area contributed by atoms with E-state index in [0.717, 1.165) is 25.7 Å². The fourth-order valence-corrected chi connectivity index (χ4v) is 5.60. The van der Waals surface area contributed by atoms with E-state index in [-0.39, 0.29) is 10.5 Å². The van der Waals surface area contributed by atoms with Crippen molar-refractivity contribution in [3.8, 4) is 5.75 Å². The Labute approximate surface area is 189 Å². The molecule has 1 saturated heterocycles. The highest BCUT2D eigenvalue weighted by atomic mass is 35.5. The number of ether oxygens (including phenoxy) is 1. The second kappa shape index (κ2) is 9.89. The van der Waals surface area contributed by atoms with Crippen LogP contribution < -0.4 is 15.0 Å². The molecule has 0 spiro atoms. The number of amides is 1. The van der Waals surface area contributed by atoms with Gasteiger partial charge in [-0.1, -0.05) is 30.5 Å². The van der Waals surface area contributed by atoms with Gasteiger partial charge in [0.05, 0.1) is 34.0 Å². The minimum atomic E-state index is -3.70. The highest BCUT2D eigenvalue weighted by molar-refractivity contribution is 7.89. The van der Waals surface area contributed by atoms with Crippen LogP contribution in [0, 0.1) is 0 Å². The number of hydrogen-bond donors (Lipinski definition) is 1. The lowest BCUT2D eigenvalue weighted by atomic mass is 10.1. The lowest BCUT2D eigenvalue weighted by Gasteiger charge is -2.21. The number of para-hydroxylation sites is 1. The van der Waals surface area contributed by atoms with Gasteiger partial charge in [0.2, 0.25) is 10.0 Å². The third kappa shape index (κ3) is 5.14. The Bertz CT molecular complexity index is 1050. The van der Waals surface area contributed by atoms with E-state index in [4.69, 9.17) is 16.3 Å². The van der Waals surface area contributed by atoms with Crippen molar-refractivity contribution >= 4 is 38.9 Å². The van der Waals surface area contributed by atoms with Crippen molar-refractivity contribution in [2.45, 2.75) is 30.6 Å². The van der Waals surface area contributed by atoms with E-state index in [9.17, 15) is 13.2 Å². The molecule has 0 unspecified atom stereocenters. The van der Waals surface area contributed by atoms with Crippen molar-refractivity contribution in [3.63, 3.8) is 0 Å². The van der Waals surface area contributed by atoms with Gasteiger partial charge in [-0.2, -0.15) is 4.31 Å². The average molecular weight is 466 g/mol. The van der Waals surface area contributed by atoms with Gasteiger partial charge in [0.15, 0.2) is 0 Å². The molecule has 2 aromatic carbocycles. The zero-order chi connectivity index (χ0) is 22.6. The molecule has 0 bridgehead atoms. The van der Waals surface area contributed by atoms with E-state index in [2.05, 4.69) is 5.32 Å². The second-order valence-corrected chi connectivity index (χ2v) is 10.0. The standard InChI is InChI=1S/C22H28ClN3O4S/c1-25(2)21-18(23)9-8-10-19(21)24-22(27)17-15-16(11-12-20(17)30-3)31(28,29)26-13-6-4-5-7-14-26/h8-12,15H,4-7,13-14H2,1-3H3,(H,24,27). The Morgan fingerprint density at radius 1 is 1.10 bits per heavy atom. The summed E-state index contributed by atoms with van der Waals surface area (Å²) in [5.74, 6) is -0.184. The molecule has 9 heteroatoms. The van der Waals surface area contributed by atoms with Crippen molar-refractivity contribution in [1.29, 1.82) is 0 Å². The molecule has 0 radical (unpaired) electrons. The van der Waals surface area contributed by atoms with Crippen LogP contribution in [0.25, 0.3) is 0 Å². The van der Waals surface area contributed by atoms with Gasteiger partial charge in [-0.15, -0.1) is 0 Å². The number of benzene rings is 2. The van der Waals surface area contributed by atoms with Crippen molar-refractivity contribution in [3.05, 3.63) is 47.0 Å². The molecule has 1 amide bonds. The lowest BCUT2D eigenvalue weighted by Crippen LogP contribution is -2.32. The number of anilines is 2. The predicted molar refractivity (Wildman–Crippen MR) is 124 cm³/mol. The van der Waals surface area contributed by atoms with Gasteiger partial charge in [-0.3, -0.25) is 4.79 Å². The molecule has 0 saturated carbocycles. The summed E-state index contributed by atoms with van der Waals surface area (Å²) in [5.41, 5.74) is 1.32. The summed E-state index contributed by atoms with van der Waals surface area (Å²) >= 11 is 6.29. The fraction of sp³-hybridized carbons (Fsp3) is 0.409. The normalized spacial score (nSPS) is 15.2. The number of halogens is 1. The quantitative estimate of drug-likeness (QED) is 0.690. The smallest absolute Gasteiger partial charge is 0.259 e. The number of carbonyl (C=O) groups excluding carboxylic acids is 1. The minimum Gasteiger partial charge on any atom is -0.496 e. The largest absolute Gasteiger partial charge is 0.496 e. The van der Waals surface area contributed by atoms with Gasteiger partial charge >= 0.3 is 0 Å². The van der Waals surface area contributed by atoms with E-state index in [1.54, 1.807) is 23.1 Å². The Morgan fingerprint density at radius 2 is 1.77 bits per heavy atom. The minimum absolute atomic E-state index is 0.0827. The van der Waals surface area contributed by atoms with E-state index >= 15 is 0 Å². The molecule has 31 heavy (non-hydrogen) atoms. The maximum Gasteiger partial charge on any atom is 0.259 e. The second-order valence-electron chi connectivity index (χ2n) is 7.66. The van der Waals surface area contributed by atoms with Crippen molar-refractivity contribution in [1.82, 2.24) is 4.31 Å². The van der Waals surface area contributed by atoms with Gasteiger partial charge in [0.25, 0.3) is 5.91 Å². The molecule has 168 valence electrons. The number of nitrogens with zero attached hydrogens (tertiary/aromatic N) is 2. The number of carbonyl (C=O) groups is 1. The molecule has 7 nitrogen and oxygen atoms in total. The summed E-state index contributed by atoms with van der Waals surface area (Å²) in [6.45, 7) is 0.981. The molecular formula is C22H28ClN3O4S. The van der Waals surface area contributed by atoms with Crippen LogP contribution in [-0.4, -0.2) is 52.9 Å². The van der Waals surface area contributed by atoms with Crippen LogP contribution in [0.3, 0.4) is 0 Å². The summed E-state index contributed by atoms with van der Waals surface area (Å²) in [6, 6.07) is 9.60. The summed E-state index contributed by atoms with van der Waals surface area (Å²) in [7, 11) is 1.40. The van der Waals surface area contributed by atoms with Gasteiger partial charge in [0.1, 0.15) is 5.75 Å². The molecule has 1 aliphatic heterocycles. The van der Waals surface area contributed by atoms with E-state index in [0.29, 0.717) is 35.2 Å². The van der Waals surface area contributed by atoms with Crippen LogP contribution in [0.15, 0.2) is 41.3 Å². The van der Waals surface area contributed by atoms with Crippen LogP contribution >= 0.6 is 11.6 Å². The summed E-state index contributed by atoms with van der Waals surface area (Å²) in [4.78, 5) is 15.0. The third-order valence-electron chi connectivity index (χ3n) is 5.30. The van der Waals surface area contributed by atoms with Crippen LogP contribution in [0.1, 0.15) is 36.0 Å². The first-order chi connectivity index (χ1) is 14.8. The Morgan fingerprint density at radius 3 is 2.39 bits per heavy atom. The molecule has 1 aliphatic rings. The van der Waals surface area contributed by atoms with Gasteiger partial charge in [-0.25, -0.2) is 8.42 Å². The maximum absolute atomic E-state index is 13.2. The van der Waals surface area contributed by atoms with Crippen LogP contribution in [0.5, 0.6) is 5.75 Å². The van der Waals surface area contributed by atoms with Gasteiger partial charge < -0.3 is 15.0 Å². The summed E-state index contributed by atoms with van der Waals surface area (Å²) in [6.07, 6.45) is 3.72. The van der Waals surface area contributed by atoms with Gasteiger partial charge in [0, 0.05) is 27.2 Å². The number of sulfonamides is 1. The SMILES string of the molecule is COc1ccc(S(=O)(=O)N2CCCCCC2)cc1C(=O)Nc1cccc(Cl)c1N(C)C. The fourth-order valence-electron chi connectivity index (χ4n) is 3.72. The molecule has 3 rings (SSSR count). The van der Waals surface area contributed by atoms with Crippen molar-refractivity contribution in [2.24, 2.45) is 0 Å². The summed E-state index contributed by atoms with van der Waals surface area (Å²) in [5, 5.41) is 3.33. The number of hydrogen-bond acceptors (Lipinski definition) is 5. The molecule has 1 fully saturated rings. The van der Waals surface area contributed by atoms with Crippen LogP contribution in [0.2, 0.25) is 5.02 Å². The first-order valence-electron chi connectivity index (χ1n) is 10.2. The first-order valence-corrected chi connectivity index (χ1v) is 12.0. The molecule has 1 N–H and O–H groups in total. The monoisotopic (exact) mass is 465 g/mol. The maximum atomic E-state index is 13.2. The Balaban J connectivity index is 1.96. The summed E-state index contributed by atoms with van der Waals surface area (Å²) < 4.78 is 33.2. The number of rotatable bonds is 6. The Hall–Kier alpha value is -2.29. The van der Waals surface area contributed by atoms with Crippen LogP contribution in [0.4, 0.5) is 11.4 Å². The molecule has 0 aliphatic carbocycles. The average Bonchev–Trinajstić information content (AvgIpc) is 3.03. The zero-order valence-corrected chi connectivity index (χ0v) is 19.6. The van der Waals surface area contributed by atoms with Crippen LogP contribution in [-0.2, 0) is 10.0 Å². The topological polar surface area (TPSA) is 79.0 Å². The van der Waals surface area contributed by atoms with E-state index in [1.165, 1.54) is 29.6 Å². The highest BCUT2D eigenvalue weighted by Gasteiger charge is 2.27. The lowest BCUT2D eigenvalue weighted by molar-refractivity contribution is 0.102. The zero-order valence-electron chi connectivity index (χ0n) is 18.0. The molecule has 2 aromatic rings. The Kier molecular flexibility index (Phi) is 7.46. The molecule has 0 aromatic heterocycles. The van der Waals surface area contributed by atoms with E-state index in [1.807, 2.05) is 14.1 Å². The van der Waals surface area contributed by atoms with Crippen molar-refractivity contribution < 1.29 is 17.9 Å². The number of nitrogens with one attached hydrogen (secondary N) is 1. The van der Waals surface area contributed by atoms with E-state index < -0.39 is 15.9 Å². The molecular weight excluding hydrogens is 438 g/mol. The number of methoxy groups -OCH3 is 1. The molecule has 1 heterocycles. The molecule has 0 atom stereocenters. The highest BCUT2D eigenvalue weighted by Crippen LogP contribution is 2.34. The van der Waals surface area contributed by atoms with Gasteiger partial charge in [-0.05, 0) is 43.2 Å². The predicted octanol–water partition coefficient (Wildman–Crippen LogP) is 4.23. The first kappa shape index (κ1) is 23.4. The third-order valence-corrected chi connectivity index (χ3v) is 7.50. The van der Waals surface area contributed by atoms with Crippen molar-refractivity contribution in [2.75, 3.05) is 44.5 Å².